The molecule has 1 aromatic rings. The van der Waals surface area contributed by atoms with Crippen LogP contribution in [-0.4, -0.2) is 28.6 Å². The number of nitrogens with one attached hydrogen (secondary N) is 1. The molecule has 1 fully saturated rings. The van der Waals surface area contributed by atoms with Crippen molar-refractivity contribution in [2.24, 2.45) is 0 Å². The van der Waals surface area contributed by atoms with Crippen molar-refractivity contribution in [3.8, 4) is 5.75 Å². The fourth-order valence-corrected chi connectivity index (χ4v) is 1.89. The third-order valence-corrected chi connectivity index (χ3v) is 3.18. The van der Waals surface area contributed by atoms with E-state index in [-0.39, 0.29) is 24.6 Å². The SMILES string of the molecule is C[C@H](O)c1cc([N+](=O)[O-])ccc1OCCC(=O)NC1CC1. The van der Waals surface area contributed by atoms with Gasteiger partial charge in [0.05, 0.1) is 24.1 Å². The molecule has 1 aliphatic carbocycles. The maximum Gasteiger partial charge on any atom is 0.270 e. The van der Waals surface area contributed by atoms with Crippen LogP contribution in [0.25, 0.3) is 0 Å². The Morgan fingerprint density at radius 2 is 2.29 bits per heavy atom. The van der Waals surface area contributed by atoms with E-state index in [1.54, 1.807) is 0 Å². The number of carbonyl (C=O) groups is 1. The molecule has 1 saturated carbocycles. The largest absolute Gasteiger partial charge is 0.493 e. The number of non-ortho nitro benzene ring substituents is 1. The Morgan fingerprint density at radius 1 is 1.57 bits per heavy atom. The van der Waals surface area contributed by atoms with E-state index in [9.17, 15) is 20.0 Å². The van der Waals surface area contributed by atoms with Crippen LogP contribution in [0.2, 0.25) is 0 Å². The van der Waals surface area contributed by atoms with Gasteiger partial charge < -0.3 is 15.2 Å². The van der Waals surface area contributed by atoms with Crippen molar-refractivity contribution in [2.45, 2.75) is 38.3 Å². The third-order valence-electron chi connectivity index (χ3n) is 3.18. The number of amides is 1. The van der Waals surface area contributed by atoms with Gasteiger partial charge >= 0.3 is 0 Å². The Kier molecular flexibility index (Phi) is 4.74. The molecule has 7 nitrogen and oxygen atoms in total. The molecule has 1 aliphatic rings. The van der Waals surface area contributed by atoms with E-state index in [2.05, 4.69) is 5.32 Å². The molecule has 7 heteroatoms. The van der Waals surface area contributed by atoms with Crippen LogP contribution in [0.1, 0.15) is 37.9 Å². The van der Waals surface area contributed by atoms with Gasteiger partial charge in [-0.1, -0.05) is 0 Å². The Labute approximate surface area is 122 Å². The fourth-order valence-electron chi connectivity index (χ4n) is 1.89. The Bertz CT molecular complexity index is 540. The normalized spacial score (nSPS) is 15.3. The van der Waals surface area contributed by atoms with Crippen molar-refractivity contribution < 1.29 is 19.6 Å². The van der Waals surface area contributed by atoms with Crippen LogP contribution >= 0.6 is 0 Å². The number of ether oxygens (including phenoxy) is 1. The van der Waals surface area contributed by atoms with Gasteiger partial charge in [-0.3, -0.25) is 14.9 Å². The Balaban J connectivity index is 1.94. The first kappa shape index (κ1) is 15.2. The lowest BCUT2D eigenvalue weighted by atomic mass is 10.1. The van der Waals surface area contributed by atoms with Crippen molar-refractivity contribution >= 4 is 11.6 Å². The monoisotopic (exact) mass is 294 g/mol. The van der Waals surface area contributed by atoms with Crippen molar-refractivity contribution in [2.75, 3.05) is 6.61 Å². The van der Waals surface area contributed by atoms with Crippen LogP contribution in [0.15, 0.2) is 18.2 Å². The number of benzene rings is 1. The van der Waals surface area contributed by atoms with Crippen LogP contribution in [0.3, 0.4) is 0 Å². The fraction of sp³-hybridized carbons (Fsp3) is 0.500. The highest BCUT2D eigenvalue weighted by Crippen LogP contribution is 2.29. The lowest BCUT2D eigenvalue weighted by Crippen LogP contribution is -2.26. The summed E-state index contributed by atoms with van der Waals surface area (Å²) in [5.74, 6) is 0.285. The van der Waals surface area contributed by atoms with E-state index >= 15 is 0 Å². The molecule has 0 bridgehead atoms. The molecule has 1 aromatic carbocycles. The summed E-state index contributed by atoms with van der Waals surface area (Å²) in [7, 11) is 0. The van der Waals surface area contributed by atoms with Crippen molar-refractivity contribution in [3.63, 3.8) is 0 Å². The van der Waals surface area contributed by atoms with Gasteiger partial charge in [-0.15, -0.1) is 0 Å². The Morgan fingerprint density at radius 3 is 2.86 bits per heavy atom. The summed E-state index contributed by atoms with van der Waals surface area (Å²) in [6, 6.07) is 4.35. The summed E-state index contributed by atoms with van der Waals surface area (Å²) >= 11 is 0. The highest BCUT2D eigenvalue weighted by molar-refractivity contribution is 5.76. The zero-order chi connectivity index (χ0) is 15.4. The number of nitro benzene ring substituents is 1. The van der Waals surface area contributed by atoms with Gasteiger partial charge in [-0.2, -0.15) is 0 Å². The molecule has 0 aliphatic heterocycles. The second-order valence-electron chi connectivity index (χ2n) is 5.10. The summed E-state index contributed by atoms with van der Waals surface area (Å²) in [6.07, 6.45) is 1.38. The van der Waals surface area contributed by atoms with Crippen LogP contribution in [-0.2, 0) is 4.79 Å². The van der Waals surface area contributed by atoms with Crippen molar-refractivity contribution in [3.05, 3.63) is 33.9 Å². The second kappa shape index (κ2) is 6.53. The topological polar surface area (TPSA) is 102 Å². The maximum atomic E-state index is 11.5. The van der Waals surface area contributed by atoms with E-state index in [0.29, 0.717) is 17.4 Å². The van der Waals surface area contributed by atoms with Gasteiger partial charge in [0.25, 0.3) is 5.69 Å². The van der Waals surface area contributed by atoms with Crippen LogP contribution < -0.4 is 10.1 Å². The summed E-state index contributed by atoms with van der Waals surface area (Å²) in [5.41, 5.74) is 0.233. The molecule has 0 aromatic heterocycles. The summed E-state index contributed by atoms with van der Waals surface area (Å²) in [6.45, 7) is 1.67. The average molecular weight is 294 g/mol. The highest BCUT2D eigenvalue weighted by atomic mass is 16.6. The number of aliphatic hydroxyl groups excluding tert-OH is 1. The van der Waals surface area contributed by atoms with Crippen molar-refractivity contribution in [1.82, 2.24) is 5.32 Å². The highest BCUT2D eigenvalue weighted by Gasteiger charge is 2.23. The second-order valence-corrected chi connectivity index (χ2v) is 5.10. The number of nitrogens with zero attached hydrogens (tertiary/aromatic N) is 1. The molecule has 0 spiro atoms. The first-order valence-corrected chi connectivity index (χ1v) is 6.86. The molecule has 21 heavy (non-hydrogen) atoms. The Hall–Kier alpha value is -2.15. The summed E-state index contributed by atoms with van der Waals surface area (Å²) in [4.78, 5) is 21.7. The van der Waals surface area contributed by atoms with Gasteiger partial charge in [-0.25, -0.2) is 0 Å². The molecular weight excluding hydrogens is 276 g/mol. The molecule has 0 unspecified atom stereocenters. The number of hydrogen-bond donors (Lipinski definition) is 2. The zero-order valence-corrected chi connectivity index (χ0v) is 11.7. The van der Waals surface area contributed by atoms with E-state index in [1.165, 1.54) is 25.1 Å². The van der Waals surface area contributed by atoms with Crippen LogP contribution in [0.5, 0.6) is 5.75 Å². The molecule has 0 saturated heterocycles. The van der Waals surface area contributed by atoms with Gasteiger partial charge in [0.15, 0.2) is 0 Å². The van der Waals surface area contributed by atoms with Crippen molar-refractivity contribution in [1.29, 1.82) is 0 Å². The predicted octanol–water partition coefficient (Wildman–Crippen LogP) is 1.70. The molecule has 0 heterocycles. The van der Waals surface area contributed by atoms with E-state index in [4.69, 9.17) is 4.74 Å². The average Bonchev–Trinajstić information content (AvgIpc) is 3.22. The minimum atomic E-state index is -0.889. The van der Waals surface area contributed by atoms with E-state index in [0.717, 1.165) is 12.8 Å². The van der Waals surface area contributed by atoms with Crippen LogP contribution in [0, 0.1) is 10.1 Å². The lowest BCUT2D eigenvalue weighted by molar-refractivity contribution is -0.385. The lowest BCUT2D eigenvalue weighted by Gasteiger charge is -2.13. The maximum absolute atomic E-state index is 11.5. The van der Waals surface area contributed by atoms with Gasteiger partial charge in [0, 0.05) is 23.7 Å². The molecule has 1 amide bonds. The van der Waals surface area contributed by atoms with Crippen LogP contribution in [0.4, 0.5) is 5.69 Å². The molecule has 114 valence electrons. The first-order valence-electron chi connectivity index (χ1n) is 6.86. The van der Waals surface area contributed by atoms with Gasteiger partial charge in [0.2, 0.25) is 5.91 Å². The number of carbonyl (C=O) groups excluding carboxylic acids is 1. The zero-order valence-electron chi connectivity index (χ0n) is 11.7. The standard InChI is InChI=1S/C14H18N2O5/c1-9(17)12-8-11(16(19)20)4-5-13(12)21-7-6-14(18)15-10-2-3-10/h4-5,8-10,17H,2-3,6-7H2,1H3,(H,15,18)/t9-/m0/s1. The molecule has 0 radical (unpaired) electrons. The number of hydrogen-bond acceptors (Lipinski definition) is 5. The first-order chi connectivity index (χ1) is 9.97. The van der Waals surface area contributed by atoms with Gasteiger partial charge in [0.1, 0.15) is 5.75 Å². The minimum absolute atomic E-state index is 0.0713. The smallest absolute Gasteiger partial charge is 0.270 e. The molecule has 2 N–H and O–H groups in total. The quantitative estimate of drug-likeness (QED) is 0.588. The molecule has 2 rings (SSSR count). The van der Waals surface area contributed by atoms with E-state index in [1.807, 2.05) is 0 Å². The number of nitro groups is 1. The predicted molar refractivity (Wildman–Crippen MR) is 75.0 cm³/mol. The van der Waals surface area contributed by atoms with E-state index < -0.39 is 11.0 Å². The number of rotatable bonds is 7. The minimum Gasteiger partial charge on any atom is -0.493 e. The molecular formula is C14H18N2O5. The van der Waals surface area contributed by atoms with Gasteiger partial charge in [-0.05, 0) is 25.8 Å². The number of aliphatic hydroxyl groups is 1. The summed E-state index contributed by atoms with van der Waals surface area (Å²) < 4.78 is 5.46. The molecule has 1 atom stereocenters. The summed E-state index contributed by atoms with van der Waals surface area (Å²) in [5, 5.41) is 23.2. The third kappa shape index (κ3) is 4.42.